The van der Waals surface area contributed by atoms with E-state index in [-0.39, 0.29) is 0 Å². The van der Waals surface area contributed by atoms with Crippen LogP contribution in [0.3, 0.4) is 0 Å². The smallest absolute Gasteiger partial charge is 0.139 e. The molecule has 0 aliphatic heterocycles. The summed E-state index contributed by atoms with van der Waals surface area (Å²) in [5.74, 6) is 0. The monoisotopic (exact) mass is 133 g/mol. The predicted octanol–water partition coefficient (Wildman–Crippen LogP) is 0.377. The Bertz CT molecular complexity index is 193. The van der Waals surface area contributed by atoms with Crippen molar-refractivity contribution in [1.82, 2.24) is 0 Å². The molecular formula is C8H12BN. The van der Waals surface area contributed by atoms with Crippen LogP contribution < -0.4 is 10.8 Å². The summed E-state index contributed by atoms with van der Waals surface area (Å²) in [6.07, 6.45) is 0. The van der Waals surface area contributed by atoms with Gasteiger partial charge in [-0.25, -0.2) is 0 Å². The van der Waals surface area contributed by atoms with E-state index in [0.29, 0.717) is 0 Å². The van der Waals surface area contributed by atoms with Gasteiger partial charge in [-0.1, -0.05) is 17.6 Å². The number of rotatable bonds is 2. The molecule has 0 saturated carbocycles. The molecule has 52 valence electrons. The standard InChI is InChI=1S/C8H12BN/c1-2-10-8-5-3-7(9)4-6-8/h3-6,10H,2,9H2,1H3. The SMILES string of the molecule is Bc1ccc(NCC)cc1. The minimum Gasteiger partial charge on any atom is -0.385 e. The van der Waals surface area contributed by atoms with Crippen molar-refractivity contribution in [2.45, 2.75) is 6.92 Å². The van der Waals surface area contributed by atoms with Crippen LogP contribution in [0.15, 0.2) is 24.3 Å². The van der Waals surface area contributed by atoms with Crippen molar-refractivity contribution in [3.8, 4) is 0 Å². The minimum atomic E-state index is 0.989. The van der Waals surface area contributed by atoms with Crippen LogP contribution in [-0.4, -0.2) is 14.4 Å². The van der Waals surface area contributed by atoms with Gasteiger partial charge in [0.1, 0.15) is 7.85 Å². The lowest BCUT2D eigenvalue weighted by Crippen LogP contribution is -2.02. The van der Waals surface area contributed by atoms with Crippen LogP contribution in [0.25, 0.3) is 0 Å². The van der Waals surface area contributed by atoms with Crippen LogP contribution in [0.1, 0.15) is 6.92 Å². The summed E-state index contributed by atoms with van der Waals surface area (Å²) >= 11 is 0. The summed E-state index contributed by atoms with van der Waals surface area (Å²) in [5.41, 5.74) is 2.51. The molecule has 0 spiro atoms. The van der Waals surface area contributed by atoms with Gasteiger partial charge < -0.3 is 5.32 Å². The van der Waals surface area contributed by atoms with Gasteiger partial charge in [0, 0.05) is 12.2 Å². The number of benzene rings is 1. The molecule has 0 heterocycles. The van der Waals surface area contributed by atoms with E-state index in [9.17, 15) is 0 Å². The Morgan fingerprint density at radius 2 is 1.90 bits per heavy atom. The van der Waals surface area contributed by atoms with Crippen LogP contribution in [0.4, 0.5) is 5.69 Å². The maximum absolute atomic E-state index is 3.23. The van der Waals surface area contributed by atoms with E-state index in [0.717, 1.165) is 6.54 Å². The van der Waals surface area contributed by atoms with E-state index >= 15 is 0 Å². The van der Waals surface area contributed by atoms with E-state index in [1.807, 2.05) is 0 Å². The third-order valence-electron chi connectivity index (χ3n) is 1.43. The first-order valence-electron chi connectivity index (χ1n) is 3.63. The molecule has 1 aromatic carbocycles. The molecule has 0 aliphatic carbocycles. The third kappa shape index (κ3) is 1.80. The quantitative estimate of drug-likeness (QED) is 0.575. The van der Waals surface area contributed by atoms with Crippen molar-refractivity contribution >= 4 is 19.0 Å². The molecule has 1 rings (SSSR count). The van der Waals surface area contributed by atoms with Gasteiger partial charge in [-0.15, -0.1) is 0 Å². The van der Waals surface area contributed by atoms with Crippen LogP contribution >= 0.6 is 0 Å². The van der Waals surface area contributed by atoms with Crippen LogP contribution in [-0.2, 0) is 0 Å². The van der Waals surface area contributed by atoms with Gasteiger partial charge in [0.2, 0.25) is 0 Å². The van der Waals surface area contributed by atoms with Gasteiger partial charge in [0.15, 0.2) is 0 Å². The topological polar surface area (TPSA) is 12.0 Å². The second kappa shape index (κ2) is 3.30. The number of hydrogen-bond acceptors (Lipinski definition) is 1. The maximum atomic E-state index is 3.23. The first-order chi connectivity index (χ1) is 4.83. The van der Waals surface area contributed by atoms with E-state index in [4.69, 9.17) is 0 Å². The normalized spacial score (nSPS) is 9.30. The fourth-order valence-electron chi connectivity index (χ4n) is 0.876. The Morgan fingerprint density at radius 1 is 1.30 bits per heavy atom. The molecular weight excluding hydrogens is 121 g/mol. The highest BCUT2D eigenvalue weighted by atomic mass is 14.8. The lowest BCUT2D eigenvalue weighted by molar-refractivity contribution is 1.21. The van der Waals surface area contributed by atoms with Gasteiger partial charge in [0.05, 0.1) is 0 Å². The van der Waals surface area contributed by atoms with Gasteiger partial charge in [-0.3, -0.25) is 0 Å². The zero-order valence-corrected chi connectivity index (χ0v) is 6.52. The maximum Gasteiger partial charge on any atom is 0.139 e. The van der Waals surface area contributed by atoms with Crippen molar-refractivity contribution in [3.05, 3.63) is 24.3 Å². The summed E-state index contributed by atoms with van der Waals surface area (Å²) < 4.78 is 0. The molecule has 0 saturated heterocycles. The Hall–Kier alpha value is -0.915. The van der Waals surface area contributed by atoms with E-state index in [1.54, 1.807) is 0 Å². The molecule has 0 bridgehead atoms. The van der Waals surface area contributed by atoms with E-state index < -0.39 is 0 Å². The highest BCUT2D eigenvalue weighted by Gasteiger charge is 1.86. The summed E-state index contributed by atoms with van der Waals surface area (Å²) in [7, 11) is 2.09. The van der Waals surface area contributed by atoms with Crippen molar-refractivity contribution < 1.29 is 0 Å². The Kier molecular flexibility index (Phi) is 2.38. The van der Waals surface area contributed by atoms with Crippen molar-refractivity contribution in [2.75, 3.05) is 11.9 Å². The van der Waals surface area contributed by atoms with Crippen LogP contribution in [0, 0.1) is 0 Å². The predicted molar refractivity (Wildman–Crippen MR) is 48.8 cm³/mol. The molecule has 0 atom stereocenters. The molecule has 1 nitrogen and oxygen atoms in total. The molecule has 0 amide bonds. The summed E-state index contributed by atoms with van der Waals surface area (Å²) in [6, 6.07) is 8.41. The lowest BCUT2D eigenvalue weighted by Gasteiger charge is -2.01. The number of hydrogen-bond donors (Lipinski definition) is 1. The molecule has 0 radical (unpaired) electrons. The highest BCUT2D eigenvalue weighted by Crippen LogP contribution is 2.01. The first kappa shape index (κ1) is 7.20. The number of anilines is 1. The first-order valence-corrected chi connectivity index (χ1v) is 3.63. The molecule has 0 aliphatic rings. The summed E-state index contributed by atoms with van der Waals surface area (Å²) in [5, 5.41) is 3.23. The molecule has 2 heteroatoms. The second-order valence-corrected chi connectivity index (χ2v) is 2.40. The van der Waals surface area contributed by atoms with E-state index in [2.05, 4.69) is 44.4 Å². The zero-order chi connectivity index (χ0) is 7.40. The average molecular weight is 133 g/mol. The Morgan fingerprint density at radius 3 is 2.40 bits per heavy atom. The van der Waals surface area contributed by atoms with Crippen LogP contribution in [0.5, 0.6) is 0 Å². The summed E-state index contributed by atoms with van der Waals surface area (Å²) in [6.45, 7) is 3.09. The lowest BCUT2D eigenvalue weighted by atomic mass is 9.96. The second-order valence-electron chi connectivity index (χ2n) is 2.40. The Labute approximate surface area is 62.9 Å². The van der Waals surface area contributed by atoms with E-state index in [1.165, 1.54) is 11.2 Å². The molecule has 0 unspecified atom stereocenters. The van der Waals surface area contributed by atoms with Gasteiger partial charge in [0.25, 0.3) is 0 Å². The summed E-state index contributed by atoms with van der Waals surface area (Å²) in [4.78, 5) is 0. The van der Waals surface area contributed by atoms with Gasteiger partial charge in [-0.2, -0.15) is 0 Å². The van der Waals surface area contributed by atoms with Crippen LogP contribution in [0.2, 0.25) is 0 Å². The largest absolute Gasteiger partial charge is 0.385 e. The average Bonchev–Trinajstić information content (AvgIpc) is 1.95. The minimum absolute atomic E-state index is 0.989. The molecule has 10 heavy (non-hydrogen) atoms. The van der Waals surface area contributed by atoms with Crippen molar-refractivity contribution in [2.24, 2.45) is 0 Å². The third-order valence-corrected chi connectivity index (χ3v) is 1.43. The highest BCUT2D eigenvalue weighted by molar-refractivity contribution is 6.32. The number of nitrogens with one attached hydrogen (secondary N) is 1. The van der Waals surface area contributed by atoms with Crippen molar-refractivity contribution in [3.63, 3.8) is 0 Å². The zero-order valence-electron chi connectivity index (χ0n) is 6.52. The fraction of sp³-hybridized carbons (Fsp3) is 0.250. The Balaban J connectivity index is 2.69. The van der Waals surface area contributed by atoms with Gasteiger partial charge >= 0.3 is 0 Å². The fourth-order valence-corrected chi connectivity index (χ4v) is 0.876. The van der Waals surface area contributed by atoms with Crippen molar-refractivity contribution in [1.29, 1.82) is 0 Å². The molecule has 0 fully saturated rings. The molecule has 1 aromatic rings. The molecule has 0 aromatic heterocycles. The molecule has 1 N–H and O–H groups in total. The van der Waals surface area contributed by atoms with Gasteiger partial charge in [-0.05, 0) is 19.1 Å².